The normalized spacial score (nSPS) is 31.2. The zero-order chi connectivity index (χ0) is 21.9. The number of rotatable bonds is 5. The maximum absolute atomic E-state index is 11.6. The fourth-order valence-corrected chi connectivity index (χ4v) is 4.56. The van der Waals surface area contributed by atoms with Gasteiger partial charge in [0, 0.05) is 0 Å². The molecule has 168 valence electrons. The molecule has 0 spiro atoms. The van der Waals surface area contributed by atoms with E-state index in [-0.39, 0.29) is 17.9 Å². The first-order valence-electron chi connectivity index (χ1n) is 10.4. The van der Waals surface area contributed by atoms with Gasteiger partial charge >= 0.3 is 6.01 Å². The molecule has 0 bridgehead atoms. The Balaban J connectivity index is 1.51. The SMILES string of the molecule is CC1(C)O[C@@H]2[C@H](O1)[C@@H](C(O)C(N)=O)O[C@H]2n1cnc2c(N)nc(OC3CCCC3)nc21. The van der Waals surface area contributed by atoms with Gasteiger partial charge in [-0.2, -0.15) is 9.97 Å². The number of anilines is 1. The number of hydrogen-bond donors (Lipinski definition) is 3. The third kappa shape index (κ3) is 3.49. The summed E-state index contributed by atoms with van der Waals surface area (Å²) < 4.78 is 25.5. The van der Waals surface area contributed by atoms with E-state index in [1.165, 1.54) is 6.33 Å². The summed E-state index contributed by atoms with van der Waals surface area (Å²) >= 11 is 0. The van der Waals surface area contributed by atoms with Gasteiger partial charge in [-0.1, -0.05) is 0 Å². The van der Waals surface area contributed by atoms with Gasteiger partial charge in [-0.25, -0.2) is 4.98 Å². The highest BCUT2D eigenvalue weighted by atomic mass is 16.8. The van der Waals surface area contributed by atoms with Crippen LogP contribution in [-0.2, 0) is 19.0 Å². The van der Waals surface area contributed by atoms with Crippen LogP contribution in [0.5, 0.6) is 6.01 Å². The maximum Gasteiger partial charge on any atom is 0.320 e. The Labute approximate surface area is 177 Å². The Kier molecular flexibility index (Phi) is 4.77. The third-order valence-electron chi connectivity index (χ3n) is 5.94. The van der Waals surface area contributed by atoms with Gasteiger partial charge in [0.1, 0.15) is 24.4 Å². The molecular weight excluding hydrogens is 408 g/mol. The summed E-state index contributed by atoms with van der Waals surface area (Å²) in [5.41, 5.74) is 12.2. The first-order valence-corrected chi connectivity index (χ1v) is 10.4. The van der Waals surface area contributed by atoms with Crippen LogP contribution in [0.4, 0.5) is 5.82 Å². The van der Waals surface area contributed by atoms with Gasteiger partial charge in [-0.15, -0.1) is 0 Å². The standard InChI is InChI=1S/C19H26N6O6/c1-19(2)30-12-11(10(26)15(21)27)29-17(13(12)31-19)25-7-22-9-14(20)23-18(24-16(9)25)28-8-5-3-4-6-8/h7-8,10-13,17,26H,3-6H2,1-2H3,(H2,21,27)(H2,20,23,24)/t10?,11-,12-,13-,17-/m1/s1. The molecule has 12 heteroatoms. The molecule has 1 saturated carbocycles. The van der Waals surface area contributed by atoms with Crippen LogP contribution < -0.4 is 16.2 Å². The average molecular weight is 434 g/mol. The van der Waals surface area contributed by atoms with Crippen LogP contribution in [0, 0.1) is 0 Å². The fraction of sp³-hybridized carbons (Fsp3) is 0.684. The van der Waals surface area contributed by atoms with E-state index >= 15 is 0 Å². The van der Waals surface area contributed by atoms with E-state index in [2.05, 4.69) is 15.0 Å². The highest BCUT2D eigenvalue weighted by Crippen LogP contribution is 2.44. The number of nitrogens with two attached hydrogens (primary N) is 2. The molecule has 31 heavy (non-hydrogen) atoms. The number of carbonyl (C=O) groups excluding carboxylic acids is 1. The summed E-state index contributed by atoms with van der Waals surface area (Å²) in [5.74, 6) is -1.66. The van der Waals surface area contributed by atoms with Crippen molar-refractivity contribution >= 4 is 22.9 Å². The number of carbonyl (C=O) groups is 1. The zero-order valence-electron chi connectivity index (χ0n) is 17.3. The molecule has 2 aromatic rings. The quantitative estimate of drug-likeness (QED) is 0.581. The second-order valence-corrected chi connectivity index (χ2v) is 8.64. The van der Waals surface area contributed by atoms with Gasteiger partial charge < -0.3 is 35.5 Å². The van der Waals surface area contributed by atoms with E-state index in [0.29, 0.717) is 11.2 Å². The van der Waals surface area contributed by atoms with Crippen LogP contribution in [-0.4, -0.2) is 66.8 Å². The number of fused-ring (bicyclic) bond motifs is 2. The number of nitrogen functional groups attached to an aromatic ring is 1. The van der Waals surface area contributed by atoms with Gasteiger partial charge in [0.05, 0.1) is 6.33 Å². The largest absolute Gasteiger partial charge is 0.460 e. The molecule has 5 N–H and O–H groups in total. The maximum atomic E-state index is 11.6. The molecule has 3 fully saturated rings. The Bertz CT molecular complexity index is 1010. The number of imidazole rings is 1. The summed E-state index contributed by atoms with van der Waals surface area (Å²) in [6, 6.07) is 0.172. The van der Waals surface area contributed by atoms with Crippen molar-refractivity contribution in [1.29, 1.82) is 0 Å². The molecule has 5 atom stereocenters. The molecule has 1 aliphatic carbocycles. The first kappa shape index (κ1) is 20.4. The zero-order valence-corrected chi connectivity index (χ0v) is 17.3. The number of aliphatic hydroxyl groups is 1. The van der Waals surface area contributed by atoms with E-state index in [0.717, 1.165) is 25.7 Å². The van der Waals surface area contributed by atoms with Crippen molar-refractivity contribution in [2.45, 2.75) is 82.1 Å². The molecule has 1 amide bonds. The smallest absolute Gasteiger partial charge is 0.320 e. The first-order chi connectivity index (χ1) is 14.7. The third-order valence-corrected chi connectivity index (χ3v) is 5.94. The van der Waals surface area contributed by atoms with Crippen molar-refractivity contribution in [2.24, 2.45) is 5.73 Å². The highest BCUT2D eigenvalue weighted by molar-refractivity contribution is 5.82. The van der Waals surface area contributed by atoms with E-state index in [1.807, 2.05) is 0 Å². The molecule has 12 nitrogen and oxygen atoms in total. The van der Waals surface area contributed by atoms with Gasteiger partial charge in [0.25, 0.3) is 0 Å². The van der Waals surface area contributed by atoms with Crippen LogP contribution in [0.3, 0.4) is 0 Å². The molecule has 0 radical (unpaired) electrons. The molecule has 2 saturated heterocycles. The summed E-state index contributed by atoms with van der Waals surface area (Å²) in [6.07, 6.45) is 0.955. The number of aliphatic hydroxyl groups excluding tert-OH is 1. The lowest BCUT2D eigenvalue weighted by Crippen LogP contribution is -2.45. The van der Waals surface area contributed by atoms with Crippen molar-refractivity contribution in [3.8, 4) is 6.01 Å². The predicted octanol–water partition coefficient (Wildman–Crippen LogP) is -0.00640. The van der Waals surface area contributed by atoms with Gasteiger partial charge in [0.15, 0.2) is 35.1 Å². The highest BCUT2D eigenvalue weighted by Gasteiger charge is 2.58. The van der Waals surface area contributed by atoms with E-state index in [9.17, 15) is 9.90 Å². The second-order valence-electron chi connectivity index (χ2n) is 8.64. The van der Waals surface area contributed by atoms with Crippen LogP contribution in [0.2, 0.25) is 0 Å². The van der Waals surface area contributed by atoms with Crippen LogP contribution in [0.15, 0.2) is 6.33 Å². The minimum atomic E-state index is -1.56. The monoisotopic (exact) mass is 434 g/mol. The van der Waals surface area contributed by atoms with Crippen molar-refractivity contribution in [1.82, 2.24) is 19.5 Å². The summed E-state index contributed by atoms with van der Waals surface area (Å²) in [7, 11) is 0. The number of primary amides is 1. The minimum Gasteiger partial charge on any atom is -0.460 e. The van der Waals surface area contributed by atoms with Crippen LogP contribution in [0.25, 0.3) is 11.2 Å². The molecular formula is C19H26N6O6. The van der Waals surface area contributed by atoms with Gasteiger partial charge in [-0.05, 0) is 39.5 Å². The van der Waals surface area contributed by atoms with Crippen LogP contribution >= 0.6 is 0 Å². The Morgan fingerprint density at radius 1 is 1.29 bits per heavy atom. The van der Waals surface area contributed by atoms with E-state index in [4.69, 9.17) is 30.4 Å². The average Bonchev–Trinajstić information content (AvgIpc) is 3.45. The lowest BCUT2D eigenvalue weighted by Gasteiger charge is -2.25. The number of hydrogen-bond acceptors (Lipinski definition) is 10. The van der Waals surface area contributed by atoms with Crippen LogP contribution in [0.1, 0.15) is 45.8 Å². The van der Waals surface area contributed by atoms with Crippen molar-refractivity contribution < 1.29 is 28.8 Å². The topological polar surface area (TPSA) is 170 Å². The summed E-state index contributed by atoms with van der Waals surface area (Å²) in [6.45, 7) is 3.49. The fourth-order valence-electron chi connectivity index (χ4n) is 4.56. The summed E-state index contributed by atoms with van der Waals surface area (Å²) in [5, 5.41) is 10.3. The lowest BCUT2D eigenvalue weighted by atomic mass is 10.1. The van der Waals surface area contributed by atoms with E-state index in [1.54, 1.807) is 18.4 Å². The predicted molar refractivity (Wildman–Crippen MR) is 106 cm³/mol. The van der Waals surface area contributed by atoms with Crippen molar-refractivity contribution in [2.75, 3.05) is 5.73 Å². The molecule has 4 heterocycles. The Morgan fingerprint density at radius 2 is 2.00 bits per heavy atom. The molecule has 3 aliphatic rings. The molecule has 2 aromatic heterocycles. The Morgan fingerprint density at radius 3 is 2.71 bits per heavy atom. The molecule has 1 unspecified atom stereocenters. The van der Waals surface area contributed by atoms with Gasteiger partial charge in [0.2, 0.25) is 5.91 Å². The summed E-state index contributed by atoms with van der Waals surface area (Å²) in [4.78, 5) is 24.7. The Hall–Kier alpha value is -2.54. The number of aromatic nitrogens is 4. The number of nitrogens with zero attached hydrogens (tertiary/aromatic N) is 4. The van der Waals surface area contributed by atoms with E-state index < -0.39 is 42.3 Å². The molecule has 0 aromatic carbocycles. The molecule has 2 aliphatic heterocycles. The number of ether oxygens (including phenoxy) is 4. The second kappa shape index (κ2) is 7.26. The lowest BCUT2D eigenvalue weighted by molar-refractivity contribution is -0.207. The van der Waals surface area contributed by atoms with Crippen molar-refractivity contribution in [3.05, 3.63) is 6.33 Å². The van der Waals surface area contributed by atoms with Gasteiger partial charge in [-0.3, -0.25) is 9.36 Å². The molecule has 5 rings (SSSR count). The minimum absolute atomic E-state index is 0.0581. The van der Waals surface area contributed by atoms with Crippen molar-refractivity contribution in [3.63, 3.8) is 0 Å². The number of amides is 1.